The summed E-state index contributed by atoms with van der Waals surface area (Å²) in [5, 5.41) is 7.48. The second-order valence-corrected chi connectivity index (χ2v) is 7.35. The molecule has 1 aliphatic carbocycles. The largest absolute Gasteiger partial charge is 0.377 e. The summed E-state index contributed by atoms with van der Waals surface area (Å²) in [5.41, 5.74) is 0.757. The Hall–Kier alpha value is -2.77. The van der Waals surface area contributed by atoms with E-state index in [1.807, 2.05) is 0 Å². The van der Waals surface area contributed by atoms with Crippen LogP contribution in [0.1, 0.15) is 43.2 Å². The van der Waals surface area contributed by atoms with E-state index in [2.05, 4.69) is 10.6 Å². The van der Waals surface area contributed by atoms with Gasteiger partial charge < -0.3 is 15.4 Å². The SMILES string of the molecule is O=C(NC1=C(NCC2CCCO2)C(=O)c2ccccc2C1=O)c1cccs1. The predicted octanol–water partition coefficient (Wildman–Crippen LogP) is 2.54. The average Bonchev–Trinajstić information content (AvgIpc) is 3.39. The summed E-state index contributed by atoms with van der Waals surface area (Å²) >= 11 is 1.27. The summed E-state index contributed by atoms with van der Waals surface area (Å²) in [6.07, 6.45) is 1.87. The molecule has 7 heteroatoms. The number of ketones is 2. The van der Waals surface area contributed by atoms with Gasteiger partial charge in [0.05, 0.1) is 11.0 Å². The van der Waals surface area contributed by atoms with E-state index in [1.165, 1.54) is 11.3 Å². The molecule has 4 rings (SSSR count). The van der Waals surface area contributed by atoms with Gasteiger partial charge in [-0.2, -0.15) is 0 Å². The number of allylic oxidation sites excluding steroid dienone is 2. The fourth-order valence-corrected chi connectivity index (χ4v) is 3.89. The van der Waals surface area contributed by atoms with Crippen molar-refractivity contribution in [2.24, 2.45) is 0 Å². The van der Waals surface area contributed by atoms with Crippen LogP contribution >= 0.6 is 11.3 Å². The highest BCUT2D eigenvalue weighted by molar-refractivity contribution is 7.12. The van der Waals surface area contributed by atoms with E-state index in [1.54, 1.807) is 41.8 Å². The topological polar surface area (TPSA) is 84.5 Å². The van der Waals surface area contributed by atoms with Gasteiger partial charge in [0.1, 0.15) is 11.4 Å². The average molecular weight is 382 g/mol. The molecule has 0 saturated carbocycles. The molecule has 1 atom stereocenters. The van der Waals surface area contributed by atoms with Gasteiger partial charge in [-0.3, -0.25) is 14.4 Å². The molecule has 1 aliphatic heterocycles. The molecule has 2 aliphatic rings. The highest BCUT2D eigenvalue weighted by Crippen LogP contribution is 2.25. The number of ether oxygens (including phenoxy) is 1. The van der Waals surface area contributed by atoms with Crippen molar-refractivity contribution in [1.29, 1.82) is 0 Å². The van der Waals surface area contributed by atoms with Crippen molar-refractivity contribution in [2.75, 3.05) is 13.2 Å². The van der Waals surface area contributed by atoms with E-state index >= 15 is 0 Å². The molecule has 1 amide bonds. The van der Waals surface area contributed by atoms with Crippen LogP contribution in [0.15, 0.2) is 53.2 Å². The maximum absolute atomic E-state index is 13.0. The molecular formula is C20H18N2O4S. The first-order valence-corrected chi connectivity index (χ1v) is 9.66. The summed E-state index contributed by atoms with van der Waals surface area (Å²) in [4.78, 5) is 38.9. The van der Waals surface area contributed by atoms with Crippen LogP contribution in [0.2, 0.25) is 0 Å². The lowest BCUT2D eigenvalue weighted by atomic mass is 9.90. The van der Waals surface area contributed by atoms with Crippen LogP contribution in [0.3, 0.4) is 0 Å². The lowest BCUT2D eigenvalue weighted by molar-refractivity contribution is 0.0912. The Bertz CT molecular complexity index is 927. The highest BCUT2D eigenvalue weighted by Gasteiger charge is 2.33. The zero-order valence-corrected chi connectivity index (χ0v) is 15.3. The number of Topliss-reactive ketones (excluding diaryl/α,β-unsaturated/α-hetero) is 2. The van der Waals surface area contributed by atoms with Crippen molar-refractivity contribution < 1.29 is 19.1 Å². The fourth-order valence-electron chi connectivity index (χ4n) is 3.27. The van der Waals surface area contributed by atoms with Crippen molar-refractivity contribution in [1.82, 2.24) is 10.6 Å². The summed E-state index contributed by atoms with van der Waals surface area (Å²) in [7, 11) is 0. The number of hydrogen-bond acceptors (Lipinski definition) is 6. The summed E-state index contributed by atoms with van der Waals surface area (Å²) in [5.74, 6) is -1.08. The Morgan fingerprint density at radius 1 is 1.07 bits per heavy atom. The lowest BCUT2D eigenvalue weighted by Gasteiger charge is -2.23. The minimum Gasteiger partial charge on any atom is -0.377 e. The van der Waals surface area contributed by atoms with Crippen LogP contribution in [0.5, 0.6) is 0 Å². The molecule has 0 radical (unpaired) electrons. The molecule has 1 fully saturated rings. The molecule has 0 spiro atoms. The maximum Gasteiger partial charge on any atom is 0.265 e. The smallest absolute Gasteiger partial charge is 0.265 e. The molecule has 1 saturated heterocycles. The van der Waals surface area contributed by atoms with Gasteiger partial charge in [0, 0.05) is 24.3 Å². The second-order valence-electron chi connectivity index (χ2n) is 6.40. The molecule has 138 valence electrons. The molecule has 27 heavy (non-hydrogen) atoms. The maximum atomic E-state index is 13.0. The summed E-state index contributed by atoms with van der Waals surface area (Å²) in [6.45, 7) is 1.11. The zero-order chi connectivity index (χ0) is 18.8. The van der Waals surface area contributed by atoms with Crippen LogP contribution in [0.4, 0.5) is 0 Å². The molecule has 0 bridgehead atoms. The quantitative estimate of drug-likeness (QED) is 0.830. The Kier molecular flexibility index (Phi) is 4.87. The number of fused-ring (bicyclic) bond motifs is 1. The van der Waals surface area contributed by atoms with E-state index in [9.17, 15) is 14.4 Å². The van der Waals surface area contributed by atoms with E-state index in [0.717, 1.165) is 12.8 Å². The van der Waals surface area contributed by atoms with Crippen LogP contribution in [-0.2, 0) is 4.74 Å². The second kappa shape index (κ2) is 7.46. The fraction of sp³-hybridized carbons (Fsp3) is 0.250. The Morgan fingerprint density at radius 3 is 2.44 bits per heavy atom. The first-order chi connectivity index (χ1) is 13.1. The van der Waals surface area contributed by atoms with Crippen molar-refractivity contribution in [3.05, 3.63) is 69.2 Å². The van der Waals surface area contributed by atoms with Gasteiger partial charge in [-0.05, 0) is 24.3 Å². The van der Waals surface area contributed by atoms with Crippen LogP contribution < -0.4 is 10.6 Å². The van der Waals surface area contributed by atoms with Crippen LogP contribution in [0, 0.1) is 0 Å². The van der Waals surface area contributed by atoms with Gasteiger partial charge in [-0.1, -0.05) is 30.3 Å². The van der Waals surface area contributed by atoms with Crippen LogP contribution in [-0.4, -0.2) is 36.7 Å². The van der Waals surface area contributed by atoms with Crippen molar-refractivity contribution >= 4 is 28.8 Å². The van der Waals surface area contributed by atoms with Gasteiger partial charge >= 0.3 is 0 Å². The predicted molar refractivity (Wildman–Crippen MR) is 101 cm³/mol. The number of benzene rings is 1. The molecule has 1 aromatic heterocycles. The number of hydrogen-bond donors (Lipinski definition) is 2. The van der Waals surface area contributed by atoms with E-state index in [0.29, 0.717) is 29.2 Å². The number of rotatable bonds is 5. The monoisotopic (exact) mass is 382 g/mol. The number of amides is 1. The van der Waals surface area contributed by atoms with Crippen molar-refractivity contribution in [3.8, 4) is 0 Å². The van der Waals surface area contributed by atoms with Gasteiger partial charge in [0.15, 0.2) is 0 Å². The number of nitrogens with one attached hydrogen (secondary N) is 2. The number of carbonyl (C=O) groups excluding carboxylic acids is 3. The first kappa shape index (κ1) is 17.6. The molecule has 2 aromatic rings. The van der Waals surface area contributed by atoms with Gasteiger partial charge in [0.2, 0.25) is 11.6 Å². The summed E-state index contributed by atoms with van der Waals surface area (Å²) in [6, 6.07) is 10.1. The van der Waals surface area contributed by atoms with E-state index < -0.39 is 5.91 Å². The third-order valence-electron chi connectivity index (χ3n) is 4.63. The van der Waals surface area contributed by atoms with E-state index in [4.69, 9.17) is 4.74 Å². The summed E-state index contributed by atoms with van der Waals surface area (Å²) < 4.78 is 5.58. The molecule has 1 aromatic carbocycles. The number of carbonyl (C=O) groups is 3. The Labute approximate surface area is 160 Å². The van der Waals surface area contributed by atoms with Crippen LogP contribution in [0.25, 0.3) is 0 Å². The minimum absolute atomic E-state index is 0.00454. The van der Waals surface area contributed by atoms with Gasteiger partial charge in [0.25, 0.3) is 5.91 Å². The molecule has 6 nitrogen and oxygen atoms in total. The highest BCUT2D eigenvalue weighted by atomic mass is 32.1. The van der Waals surface area contributed by atoms with E-state index in [-0.39, 0.29) is 29.1 Å². The molecule has 1 unspecified atom stereocenters. The minimum atomic E-state index is -0.406. The standard InChI is InChI=1S/C20H18N2O4S/c23-18-13-6-1-2-7-14(13)19(24)17(22-20(25)15-8-4-10-27-15)16(18)21-11-12-5-3-9-26-12/h1-2,4,6-8,10,12,21H,3,5,9,11H2,(H,22,25). The van der Waals surface area contributed by atoms with Crippen molar-refractivity contribution in [2.45, 2.75) is 18.9 Å². The Morgan fingerprint density at radius 2 is 1.81 bits per heavy atom. The Balaban J connectivity index is 1.67. The van der Waals surface area contributed by atoms with Gasteiger partial charge in [-0.25, -0.2) is 0 Å². The van der Waals surface area contributed by atoms with Gasteiger partial charge in [-0.15, -0.1) is 11.3 Å². The lowest BCUT2D eigenvalue weighted by Crippen LogP contribution is -2.40. The number of thiophene rings is 1. The van der Waals surface area contributed by atoms with Crippen molar-refractivity contribution in [3.63, 3.8) is 0 Å². The third-order valence-corrected chi connectivity index (χ3v) is 5.50. The normalized spacial score (nSPS) is 19.2. The molecular weight excluding hydrogens is 364 g/mol. The third kappa shape index (κ3) is 3.43. The molecule has 2 heterocycles. The molecule has 2 N–H and O–H groups in total. The first-order valence-electron chi connectivity index (χ1n) is 8.78. The zero-order valence-electron chi connectivity index (χ0n) is 14.5.